The third-order valence-corrected chi connectivity index (χ3v) is 5.58. The van der Waals surface area contributed by atoms with Crippen LogP contribution in [0.25, 0.3) is 0 Å². The lowest BCUT2D eigenvalue weighted by Crippen LogP contribution is -2.51. The third kappa shape index (κ3) is 6.96. The Hall–Kier alpha value is -1.11. The molecule has 0 radical (unpaired) electrons. The van der Waals surface area contributed by atoms with Gasteiger partial charge in [-0.25, -0.2) is 0 Å². The van der Waals surface area contributed by atoms with E-state index in [1.807, 2.05) is 18.4 Å². The van der Waals surface area contributed by atoms with E-state index in [1.165, 1.54) is 11.3 Å². The van der Waals surface area contributed by atoms with E-state index in [9.17, 15) is 0 Å². The summed E-state index contributed by atoms with van der Waals surface area (Å²) in [5, 5.41) is 5.74. The number of nitrogens with zero attached hydrogens (tertiary/aromatic N) is 3. The summed E-state index contributed by atoms with van der Waals surface area (Å²) in [7, 11) is 3.99. The highest BCUT2D eigenvalue weighted by atomic mass is 32.1. The largest absolute Gasteiger partial charge is 0.379 e. The summed E-state index contributed by atoms with van der Waals surface area (Å²) in [6, 6.07) is 4.85. The van der Waals surface area contributed by atoms with Gasteiger partial charge in [-0.3, -0.25) is 9.89 Å². The minimum atomic E-state index is 0.534. The van der Waals surface area contributed by atoms with E-state index >= 15 is 0 Å². The van der Waals surface area contributed by atoms with Crippen LogP contribution in [-0.4, -0.2) is 75.3 Å². The maximum Gasteiger partial charge on any atom is 0.193 e. The van der Waals surface area contributed by atoms with E-state index in [1.54, 1.807) is 0 Å². The summed E-state index contributed by atoms with van der Waals surface area (Å²) in [5.41, 5.74) is 0. The molecule has 0 amide bonds. The maximum atomic E-state index is 5.51. The van der Waals surface area contributed by atoms with Gasteiger partial charge in [0.1, 0.15) is 0 Å². The monoisotopic (exact) mass is 366 g/mol. The highest BCUT2D eigenvalue weighted by Crippen LogP contribution is 2.13. The number of ether oxygens (including phenoxy) is 1. The molecule has 2 rings (SSSR count). The molecule has 6 heteroatoms. The van der Waals surface area contributed by atoms with Crippen molar-refractivity contribution >= 4 is 17.3 Å². The zero-order valence-corrected chi connectivity index (χ0v) is 17.0. The Kier molecular flexibility index (Phi) is 8.72. The fraction of sp³-hybridized carbons (Fsp3) is 0.737. The molecule has 1 saturated heterocycles. The van der Waals surface area contributed by atoms with E-state index < -0.39 is 0 Å². The van der Waals surface area contributed by atoms with Crippen LogP contribution in [0.5, 0.6) is 0 Å². The van der Waals surface area contributed by atoms with E-state index in [-0.39, 0.29) is 0 Å². The highest BCUT2D eigenvalue weighted by molar-refractivity contribution is 7.09. The molecule has 5 nitrogen and oxygen atoms in total. The molecule has 1 aromatic heterocycles. The second kappa shape index (κ2) is 10.8. The number of aliphatic imine (C=N–C) groups is 1. The zero-order valence-electron chi connectivity index (χ0n) is 16.2. The summed E-state index contributed by atoms with van der Waals surface area (Å²) in [4.78, 5) is 10.7. The second-order valence-electron chi connectivity index (χ2n) is 7.11. The highest BCUT2D eigenvalue weighted by Gasteiger charge is 2.22. The van der Waals surface area contributed by atoms with Crippen molar-refractivity contribution < 1.29 is 4.74 Å². The number of thiophene rings is 1. The minimum absolute atomic E-state index is 0.534. The van der Waals surface area contributed by atoms with Crippen LogP contribution in [0.2, 0.25) is 0 Å². The van der Waals surface area contributed by atoms with Gasteiger partial charge in [-0.2, -0.15) is 0 Å². The molecular formula is C19H34N4OS. The van der Waals surface area contributed by atoms with Crippen LogP contribution in [-0.2, 0) is 11.2 Å². The van der Waals surface area contributed by atoms with Crippen LogP contribution in [0.3, 0.4) is 0 Å². The van der Waals surface area contributed by atoms with Gasteiger partial charge in [-0.1, -0.05) is 19.9 Å². The molecule has 1 atom stereocenters. The summed E-state index contributed by atoms with van der Waals surface area (Å²) in [5.74, 6) is 1.67. The molecule has 1 aliphatic heterocycles. The molecule has 25 heavy (non-hydrogen) atoms. The van der Waals surface area contributed by atoms with Gasteiger partial charge < -0.3 is 15.0 Å². The van der Waals surface area contributed by atoms with E-state index in [0.717, 1.165) is 51.8 Å². The van der Waals surface area contributed by atoms with Gasteiger partial charge in [0.25, 0.3) is 0 Å². The lowest BCUT2D eigenvalue weighted by Gasteiger charge is -2.36. The van der Waals surface area contributed by atoms with Crippen molar-refractivity contribution in [1.29, 1.82) is 0 Å². The van der Waals surface area contributed by atoms with Gasteiger partial charge in [-0.05, 0) is 30.2 Å². The summed E-state index contributed by atoms with van der Waals surface area (Å²) in [6.45, 7) is 10.3. The first-order valence-corrected chi connectivity index (χ1v) is 10.2. The van der Waals surface area contributed by atoms with Crippen molar-refractivity contribution in [3.05, 3.63) is 22.4 Å². The first kappa shape index (κ1) is 20.2. The predicted octanol–water partition coefficient (Wildman–Crippen LogP) is 2.54. The Bertz CT molecular complexity index is 498. The van der Waals surface area contributed by atoms with Crippen LogP contribution in [0.15, 0.2) is 22.5 Å². The summed E-state index contributed by atoms with van der Waals surface area (Å²) < 4.78 is 5.51. The fourth-order valence-corrected chi connectivity index (χ4v) is 3.98. The number of guanidine groups is 1. The van der Waals surface area contributed by atoms with Crippen LogP contribution >= 0.6 is 11.3 Å². The molecule has 0 bridgehead atoms. The topological polar surface area (TPSA) is 40.1 Å². The third-order valence-electron chi connectivity index (χ3n) is 4.65. The van der Waals surface area contributed by atoms with Gasteiger partial charge >= 0.3 is 0 Å². The SMILES string of the molecule is CN=C(NCC(CC(C)C)N1CCOCC1)N(C)CCc1cccs1. The summed E-state index contributed by atoms with van der Waals surface area (Å²) >= 11 is 1.82. The average Bonchev–Trinajstić information content (AvgIpc) is 3.13. The smallest absolute Gasteiger partial charge is 0.193 e. The molecule has 0 aliphatic carbocycles. The van der Waals surface area contributed by atoms with Crippen molar-refractivity contribution in [3.8, 4) is 0 Å². The van der Waals surface area contributed by atoms with Gasteiger partial charge in [0.15, 0.2) is 5.96 Å². The Morgan fingerprint density at radius 1 is 1.40 bits per heavy atom. The number of rotatable bonds is 8. The Labute approximate surface area is 157 Å². The van der Waals surface area contributed by atoms with E-state index in [4.69, 9.17) is 4.74 Å². The molecule has 1 fully saturated rings. The quantitative estimate of drug-likeness (QED) is 0.567. The molecule has 1 N–H and O–H groups in total. The first-order chi connectivity index (χ1) is 12.1. The number of likely N-dealkylation sites (N-methyl/N-ethyl adjacent to an activating group) is 1. The Morgan fingerprint density at radius 3 is 2.76 bits per heavy atom. The zero-order chi connectivity index (χ0) is 18.1. The fourth-order valence-electron chi connectivity index (χ4n) is 3.28. The molecular weight excluding hydrogens is 332 g/mol. The number of hydrogen-bond acceptors (Lipinski definition) is 4. The van der Waals surface area contributed by atoms with Crippen molar-refractivity contribution in [2.45, 2.75) is 32.7 Å². The molecule has 1 aliphatic rings. The number of hydrogen-bond donors (Lipinski definition) is 1. The van der Waals surface area contributed by atoms with Crippen molar-refractivity contribution in [2.75, 3.05) is 53.5 Å². The van der Waals surface area contributed by atoms with Crippen LogP contribution in [0, 0.1) is 5.92 Å². The molecule has 2 heterocycles. The number of morpholine rings is 1. The lowest BCUT2D eigenvalue weighted by molar-refractivity contribution is 0.0131. The molecule has 1 aromatic rings. The van der Waals surface area contributed by atoms with Crippen molar-refractivity contribution in [3.63, 3.8) is 0 Å². The van der Waals surface area contributed by atoms with Crippen molar-refractivity contribution in [2.24, 2.45) is 10.9 Å². The minimum Gasteiger partial charge on any atom is -0.379 e. The standard InChI is InChI=1S/C19H34N4OS/c1-16(2)14-17(23-9-11-24-12-10-23)15-21-19(20-3)22(4)8-7-18-6-5-13-25-18/h5-6,13,16-17H,7-12,14-15H2,1-4H3,(H,20,21). The van der Waals surface area contributed by atoms with Crippen molar-refractivity contribution in [1.82, 2.24) is 15.1 Å². The molecule has 1 unspecified atom stereocenters. The average molecular weight is 367 g/mol. The van der Waals surface area contributed by atoms with Crippen LogP contribution in [0.4, 0.5) is 0 Å². The first-order valence-electron chi connectivity index (χ1n) is 9.36. The van der Waals surface area contributed by atoms with Gasteiger partial charge in [0, 0.05) is 51.2 Å². The van der Waals surface area contributed by atoms with E-state index in [0.29, 0.717) is 12.0 Å². The molecule has 142 valence electrons. The number of nitrogens with one attached hydrogen (secondary N) is 1. The normalized spacial score (nSPS) is 17.7. The second-order valence-corrected chi connectivity index (χ2v) is 8.14. The van der Waals surface area contributed by atoms with Crippen LogP contribution in [0.1, 0.15) is 25.1 Å². The molecule has 0 aromatic carbocycles. The Morgan fingerprint density at radius 2 is 2.16 bits per heavy atom. The maximum absolute atomic E-state index is 5.51. The molecule has 0 spiro atoms. The van der Waals surface area contributed by atoms with E-state index in [2.05, 4.69) is 58.5 Å². The van der Waals surface area contributed by atoms with Gasteiger partial charge in [0.05, 0.1) is 13.2 Å². The predicted molar refractivity (Wildman–Crippen MR) is 108 cm³/mol. The van der Waals surface area contributed by atoms with Gasteiger partial charge in [0.2, 0.25) is 0 Å². The van der Waals surface area contributed by atoms with Gasteiger partial charge in [-0.15, -0.1) is 11.3 Å². The Balaban J connectivity index is 1.84. The summed E-state index contributed by atoms with van der Waals surface area (Å²) in [6.07, 6.45) is 2.26. The lowest BCUT2D eigenvalue weighted by atomic mass is 10.0. The van der Waals surface area contributed by atoms with Crippen LogP contribution < -0.4 is 5.32 Å². The molecule has 0 saturated carbocycles.